The molecule has 6 heteroatoms. The van der Waals surface area contributed by atoms with Crippen LogP contribution in [0.25, 0.3) is 11.0 Å². The molecule has 1 aromatic heterocycles. The molecule has 0 spiro atoms. The highest BCUT2D eigenvalue weighted by molar-refractivity contribution is 6.33. The van der Waals surface area contributed by atoms with E-state index in [-0.39, 0.29) is 12.1 Å². The van der Waals surface area contributed by atoms with Crippen molar-refractivity contribution in [3.05, 3.63) is 24.0 Å². The van der Waals surface area contributed by atoms with Crippen molar-refractivity contribution < 1.29 is 9.53 Å². The molecule has 128 valence electrons. The Morgan fingerprint density at radius 1 is 1.42 bits per heavy atom. The molecule has 24 heavy (non-hydrogen) atoms. The van der Waals surface area contributed by atoms with Crippen molar-refractivity contribution in [1.29, 1.82) is 0 Å². The molecule has 1 aliphatic carbocycles. The van der Waals surface area contributed by atoms with E-state index in [2.05, 4.69) is 48.3 Å². The van der Waals surface area contributed by atoms with E-state index in [0.717, 1.165) is 29.7 Å². The van der Waals surface area contributed by atoms with Crippen LogP contribution in [0.4, 0.5) is 4.79 Å². The number of carbonyl (C=O) groups is 1. The Kier molecular flexibility index (Phi) is 4.32. The summed E-state index contributed by atoms with van der Waals surface area (Å²) in [6.07, 6.45) is 1.59. The van der Waals surface area contributed by atoms with Crippen LogP contribution >= 0.6 is 0 Å². The number of imidazole rings is 1. The van der Waals surface area contributed by atoms with Gasteiger partial charge in [0.1, 0.15) is 19.3 Å². The van der Waals surface area contributed by atoms with Crippen molar-refractivity contribution >= 4 is 30.4 Å². The van der Waals surface area contributed by atoms with Crippen LogP contribution in [0.2, 0.25) is 0 Å². The van der Waals surface area contributed by atoms with E-state index in [1.807, 2.05) is 20.8 Å². The zero-order chi connectivity index (χ0) is 17.5. The molecule has 5 nitrogen and oxygen atoms in total. The zero-order valence-corrected chi connectivity index (χ0v) is 15.1. The van der Waals surface area contributed by atoms with Gasteiger partial charge >= 0.3 is 6.09 Å². The summed E-state index contributed by atoms with van der Waals surface area (Å²) in [5.41, 5.74) is 2.89. The van der Waals surface area contributed by atoms with E-state index in [4.69, 9.17) is 4.74 Å². The predicted octanol–water partition coefficient (Wildman–Crippen LogP) is 1.91. The maximum Gasteiger partial charge on any atom is 0.407 e. The fraction of sp³-hybridized carbons (Fsp3) is 0.556. The number of rotatable bonds is 4. The van der Waals surface area contributed by atoms with Gasteiger partial charge < -0.3 is 15.0 Å². The molecular weight excluding hydrogens is 301 g/mol. The van der Waals surface area contributed by atoms with Gasteiger partial charge in [-0.2, -0.15) is 0 Å². The largest absolute Gasteiger partial charge is 0.444 e. The lowest BCUT2D eigenvalue weighted by molar-refractivity contribution is 0.0519. The molecule has 0 radical (unpaired) electrons. The highest BCUT2D eigenvalue weighted by Gasteiger charge is 2.47. The number of hydrogen-bond acceptors (Lipinski definition) is 3. The van der Waals surface area contributed by atoms with Crippen LogP contribution in [-0.4, -0.2) is 35.6 Å². The van der Waals surface area contributed by atoms with E-state index >= 15 is 0 Å². The number of amides is 1. The van der Waals surface area contributed by atoms with E-state index < -0.39 is 5.60 Å². The Bertz CT molecular complexity index is 750. The van der Waals surface area contributed by atoms with Gasteiger partial charge in [0.15, 0.2) is 0 Å². The fourth-order valence-electron chi connectivity index (χ4n) is 3.27. The third-order valence-electron chi connectivity index (χ3n) is 4.65. The monoisotopic (exact) mass is 327 g/mol. The summed E-state index contributed by atoms with van der Waals surface area (Å²) in [5, 5.41) is 2.99. The SMILES string of the molecule is Bc1ccc2nc(CC[C@H]3C(C)[C@H]3NC(=O)OC(C)(C)C)[nH]c2c1. The highest BCUT2D eigenvalue weighted by Crippen LogP contribution is 2.42. The molecule has 1 heterocycles. The molecule has 2 aromatic rings. The Hall–Kier alpha value is -1.98. The molecule has 1 aromatic carbocycles. The van der Waals surface area contributed by atoms with Gasteiger partial charge in [0.05, 0.1) is 11.0 Å². The standard InChI is InChI=1S/C18H26BN3O2/c1-10-12(16(10)22-17(23)24-18(2,3)4)6-8-15-20-13-7-5-11(19)9-14(13)21-15/h5,7,9-10,12,16H,6,8,19H2,1-4H3,(H,20,21)(H,22,23)/t10?,12-,16+/m0/s1. The lowest BCUT2D eigenvalue weighted by Crippen LogP contribution is -2.34. The number of aromatic nitrogens is 2. The van der Waals surface area contributed by atoms with Gasteiger partial charge in [-0.1, -0.05) is 18.5 Å². The summed E-state index contributed by atoms with van der Waals surface area (Å²) in [5.74, 6) is 2.00. The van der Waals surface area contributed by atoms with Gasteiger partial charge in [-0.3, -0.25) is 0 Å². The minimum Gasteiger partial charge on any atom is -0.444 e. The number of H-pyrrole nitrogens is 1. The predicted molar refractivity (Wildman–Crippen MR) is 98.4 cm³/mol. The first-order valence-corrected chi connectivity index (χ1v) is 8.68. The Balaban J connectivity index is 1.52. The number of nitrogens with zero attached hydrogens (tertiary/aromatic N) is 1. The first kappa shape index (κ1) is 16.9. The third kappa shape index (κ3) is 3.92. The normalized spacial score (nSPS) is 23.2. The molecule has 1 saturated carbocycles. The summed E-state index contributed by atoms with van der Waals surface area (Å²) < 4.78 is 5.33. The van der Waals surface area contributed by atoms with Crippen molar-refractivity contribution in [1.82, 2.24) is 15.3 Å². The molecule has 0 saturated heterocycles. The second-order valence-electron chi connectivity index (χ2n) is 7.94. The van der Waals surface area contributed by atoms with Gasteiger partial charge in [0.2, 0.25) is 0 Å². The summed E-state index contributed by atoms with van der Waals surface area (Å²) in [6, 6.07) is 6.47. The van der Waals surface area contributed by atoms with Crippen LogP contribution in [0.5, 0.6) is 0 Å². The van der Waals surface area contributed by atoms with E-state index in [1.54, 1.807) is 0 Å². The lowest BCUT2D eigenvalue weighted by atomic mass is 9.96. The average Bonchev–Trinajstić information content (AvgIpc) is 2.89. The fourth-order valence-corrected chi connectivity index (χ4v) is 3.27. The second-order valence-corrected chi connectivity index (χ2v) is 7.94. The minimum atomic E-state index is -0.454. The maximum absolute atomic E-state index is 11.9. The number of ether oxygens (including phenoxy) is 1. The number of hydrogen-bond donors (Lipinski definition) is 2. The maximum atomic E-state index is 11.9. The van der Waals surface area contributed by atoms with Gasteiger partial charge in [-0.25, -0.2) is 9.78 Å². The topological polar surface area (TPSA) is 67.0 Å². The lowest BCUT2D eigenvalue weighted by Gasteiger charge is -2.19. The van der Waals surface area contributed by atoms with Crippen LogP contribution < -0.4 is 10.8 Å². The van der Waals surface area contributed by atoms with Crippen molar-refractivity contribution in [2.75, 3.05) is 0 Å². The number of fused-ring (bicyclic) bond motifs is 1. The molecule has 2 N–H and O–H groups in total. The van der Waals surface area contributed by atoms with E-state index in [0.29, 0.717) is 11.8 Å². The quantitative estimate of drug-likeness (QED) is 0.843. The molecule has 3 rings (SSSR count). The van der Waals surface area contributed by atoms with E-state index in [1.165, 1.54) is 5.46 Å². The Labute approximate surface area is 144 Å². The van der Waals surface area contributed by atoms with Crippen molar-refractivity contribution in [2.45, 2.75) is 52.2 Å². The molecule has 0 bridgehead atoms. The number of benzene rings is 1. The van der Waals surface area contributed by atoms with Crippen molar-refractivity contribution in [3.63, 3.8) is 0 Å². The Morgan fingerprint density at radius 3 is 2.88 bits per heavy atom. The van der Waals surface area contributed by atoms with Crippen LogP contribution in [0.1, 0.15) is 39.9 Å². The van der Waals surface area contributed by atoms with Crippen LogP contribution in [0.3, 0.4) is 0 Å². The first-order chi connectivity index (χ1) is 11.2. The average molecular weight is 327 g/mol. The zero-order valence-electron chi connectivity index (χ0n) is 15.1. The summed E-state index contributed by atoms with van der Waals surface area (Å²) in [6.45, 7) is 7.81. The van der Waals surface area contributed by atoms with Crippen LogP contribution in [-0.2, 0) is 11.2 Å². The third-order valence-corrected chi connectivity index (χ3v) is 4.65. The highest BCUT2D eigenvalue weighted by atomic mass is 16.6. The van der Waals surface area contributed by atoms with Gasteiger partial charge in [0, 0.05) is 12.5 Å². The second kappa shape index (κ2) is 6.15. The molecule has 1 amide bonds. The molecule has 0 aliphatic heterocycles. The summed E-state index contributed by atoms with van der Waals surface area (Å²) >= 11 is 0. The molecule has 3 atom stereocenters. The number of nitrogens with one attached hydrogen (secondary N) is 2. The summed E-state index contributed by atoms with van der Waals surface area (Å²) in [7, 11) is 2.08. The van der Waals surface area contributed by atoms with Gasteiger partial charge in [-0.15, -0.1) is 0 Å². The summed E-state index contributed by atoms with van der Waals surface area (Å²) in [4.78, 5) is 19.9. The molecule has 1 aliphatic rings. The van der Waals surface area contributed by atoms with Crippen LogP contribution in [0.15, 0.2) is 18.2 Å². The number of aromatic amines is 1. The van der Waals surface area contributed by atoms with Crippen molar-refractivity contribution in [3.8, 4) is 0 Å². The van der Waals surface area contributed by atoms with Gasteiger partial charge in [0.25, 0.3) is 0 Å². The van der Waals surface area contributed by atoms with Gasteiger partial charge in [-0.05, 0) is 51.2 Å². The minimum absolute atomic E-state index is 0.214. The number of carbonyl (C=O) groups excluding carboxylic acids is 1. The smallest absolute Gasteiger partial charge is 0.407 e. The van der Waals surface area contributed by atoms with E-state index in [9.17, 15) is 4.79 Å². The van der Waals surface area contributed by atoms with Crippen LogP contribution in [0, 0.1) is 11.8 Å². The Morgan fingerprint density at radius 2 is 2.17 bits per heavy atom. The first-order valence-electron chi connectivity index (χ1n) is 8.68. The molecule has 1 unspecified atom stereocenters. The molecule has 1 fully saturated rings. The molecular formula is C18H26BN3O2. The van der Waals surface area contributed by atoms with Crippen molar-refractivity contribution in [2.24, 2.45) is 11.8 Å². The number of aryl methyl sites for hydroxylation is 1. The number of alkyl carbamates (subject to hydrolysis) is 1.